The van der Waals surface area contributed by atoms with Crippen molar-refractivity contribution in [3.63, 3.8) is 0 Å². The number of likely N-dealkylation sites (N-methyl/N-ethyl adjacent to an activating group) is 1. The number of aliphatic hydroxyl groups excluding tert-OH is 1. The van der Waals surface area contributed by atoms with E-state index in [0.717, 1.165) is 56.4 Å². The fourth-order valence-corrected chi connectivity index (χ4v) is 10.6. The van der Waals surface area contributed by atoms with Gasteiger partial charge in [-0.25, -0.2) is 4.79 Å². The van der Waals surface area contributed by atoms with Crippen LogP contribution in [0.5, 0.6) is 34.5 Å². The van der Waals surface area contributed by atoms with Gasteiger partial charge in [0.15, 0.2) is 23.0 Å². The Kier molecular flexibility index (Phi) is 12.9. The van der Waals surface area contributed by atoms with E-state index in [-0.39, 0.29) is 43.7 Å². The first kappa shape index (κ1) is 42.5. The number of carbonyl (C=O) groups is 2. The summed E-state index contributed by atoms with van der Waals surface area (Å²) in [6.45, 7) is 10.4. The highest BCUT2D eigenvalue weighted by atomic mass is 32.2. The zero-order chi connectivity index (χ0) is 42.1. The van der Waals surface area contributed by atoms with Crippen molar-refractivity contribution in [1.29, 1.82) is 0 Å². The number of hydrogen-bond acceptors (Lipinski definition) is 14. The number of H-pyrrole nitrogens is 1. The van der Waals surface area contributed by atoms with Gasteiger partial charge in [-0.1, -0.05) is 19.9 Å². The molecule has 15 heteroatoms. The maximum atomic E-state index is 14.4. The van der Waals surface area contributed by atoms with Gasteiger partial charge in [0, 0.05) is 58.4 Å². The number of benzene rings is 3. The molecule has 59 heavy (non-hydrogen) atoms. The van der Waals surface area contributed by atoms with Gasteiger partial charge in [-0.3, -0.25) is 15.0 Å². The first-order valence-corrected chi connectivity index (χ1v) is 21.7. The van der Waals surface area contributed by atoms with Crippen molar-refractivity contribution in [3.8, 4) is 34.5 Å². The van der Waals surface area contributed by atoms with Gasteiger partial charge in [-0.15, -0.1) is 0 Å². The summed E-state index contributed by atoms with van der Waals surface area (Å²) in [6, 6.07) is 5.74. The molecule has 318 valence electrons. The fraction of sp³-hybridized carbons (Fsp3) is 0.500. The lowest BCUT2D eigenvalue weighted by Gasteiger charge is -2.51. The van der Waals surface area contributed by atoms with Gasteiger partial charge >= 0.3 is 11.9 Å². The van der Waals surface area contributed by atoms with Crippen molar-refractivity contribution >= 4 is 34.6 Å². The molecule has 1 aromatic heterocycles. The van der Waals surface area contributed by atoms with Crippen LogP contribution in [0.25, 0.3) is 10.9 Å². The highest BCUT2D eigenvalue weighted by molar-refractivity contribution is 7.98. The summed E-state index contributed by atoms with van der Waals surface area (Å²) in [5.74, 6) is 1.70. The summed E-state index contributed by atoms with van der Waals surface area (Å²) in [4.78, 5) is 33.0. The Labute approximate surface area is 349 Å². The number of thioether (sulfide) groups is 1. The molecular formula is C44H56N4O10S. The second-order valence-electron chi connectivity index (χ2n) is 14.9. The third kappa shape index (κ3) is 7.45. The van der Waals surface area contributed by atoms with E-state index in [1.54, 1.807) is 18.9 Å². The first-order chi connectivity index (χ1) is 28.6. The van der Waals surface area contributed by atoms with Crippen LogP contribution >= 0.6 is 11.8 Å². The summed E-state index contributed by atoms with van der Waals surface area (Å²) in [5, 5.41) is 28.8. The number of rotatable bonds is 10. The molecule has 3 aromatic carbocycles. The Balaban J connectivity index is 0.00000260. The molecule has 0 fully saturated rings. The summed E-state index contributed by atoms with van der Waals surface area (Å²) in [5.41, 5.74) is 7.45. The average molecular weight is 833 g/mol. The molecule has 0 saturated carbocycles. The molecule has 0 saturated heterocycles. The van der Waals surface area contributed by atoms with E-state index in [1.165, 1.54) is 6.92 Å². The van der Waals surface area contributed by atoms with E-state index in [0.29, 0.717) is 60.2 Å². The summed E-state index contributed by atoms with van der Waals surface area (Å²) < 4.78 is 36.2. The highest BCUT2D eigenvalue weighted by Gasteiger charge is 2.51. The molecule has 5 atom stereocenters. The minimum atomic E-state index is -0.752. The highest BCUT2D eigenvalue weighted by Crippen LogP contribution is 2.60. The van der Waals surface area contributed by atoms with Crippen molar-refractivity contribution in [2.45, 2.75) is 83.3 Å². The zero-order valence-corrected chi connectivity index (χ0v) is 35.9. The van der Waals surface area contributed by atoms with Crippen molar-refractivity contribution in [2.24, 2.45) is 0 Å². The van der Waals surface area contributed by atoms with Gasteiger partial charge in [0.2, 0.25) is 6.79 Å². The van der Waals surface area contributed by atoms with Crippen LogP contribution in [0, 0.1) is 13.8 Å². The SMILES string of the molecule is CC.CN[C@@H]1c2c(cc(C)c(OC)c2O)CCCN2C(COC(=O)C3NCCc4c3[nH]c3ccc(OCCO)cc43)c3c4c(c(C)c(OC(C)=O)c3C(SC)C12)OCO4. The van der Waals surface area contributed by atoms with Gasteiger partial charge < -0.3 is 48.9 Å². The number of esters is 2. The van der Waals surface area contributed by atoms with Crippen LogP contribution < -0.4 is 34.3 Å². The quantitative estimate of drug-likeness (QED) is 0.0928. The minimum absolute atomic E-state index is 0.00650. The number of fused-ring (bicyclic) bond motifs is 8. The summed E-state index contributed by atoms with van der Waals surface area (Å²) in [6.07, 6.45) is 4.18. The predicted molar refractivity (Wildman–Crippen MR) is 225 cm³/mol. The van der Waals surface area contributed by atoms with Crippen molar-refractivity contribution in [3.05, 3.63) is 68.9 Å². The van der Waals surface area contributed by atoms with E-state index in [9.17, 15) is 19.8 Å². The largest absolute Gasteiger partial charge is 0.504 e. The van der Waals surface area contributed by atoms with Crippen LogP contribution in [0.15, 0.2) is 24.3 Å². The Bertz CT molecular complexity index is 2230. The molecule has 4 aromatic rings. The number of aliphatic hydroxyl groups is 1. The molecule has 14 nitrogen and oxygen atoms in total. The van der Waals surface area contributed by atoms with Gasteiger partial charge in [0.25, 0.3) is 0 Å². The number of methoxy groups -OCH3 is 1. The molecule has 0 aliphatic carbocycles. The van der Waals surface area contributed by atoms with Crippen LogP contribution in [0.2, 0.25) is 0 Å². The second-order valence-corrected chi connectivity index (χ2v) is 15.9. The van der Waals surface area contributed by atoms with Crippen molar-refractivity contribution in [2.75, 3.05) is 60.1 Å². The molecule has 5 N–H and O–H groups in total. The van der Waals surface area contributed by atoms with E-state index in [4.69, 9.17) is 28.4 Å². The van der Waals surface area contributed by atoms with Crippen LogP contribution in [0.4, 0.5) is 0 Å². The third-order valence-electron chi connectivity index (χ3n) is 11.8. The van der Waals surface area contributed by atoms with E-state index >= 15 is 0 Å². The average Bonchev–Trinajstić information content (AvgIpc) is 3.87. The number of phenols is 1. The molecule has 0 radical (unpaired) electrons. The lowest BCUT2D eigenvalue weighted by atomic mass is 9.78. The lowest BCUT2D eigenvalue weighted by Crippen LogP contribution is -2.54. The number of aryl methyl sites for hydroxylation is 2. The number of hydrogen-bond donors (Lipinski definition) is 5. The third-order valence-corrected chi connectivity index (χ3v) is 12.8. The normalized spacial score (nSPS) is 21.7. The summed E-state index contributed by atoms with van der Waals surface area (Å²) >= 11 is 1.62. The number of ether oxygens (including phenoxy) is 6. The van der Waals surface area contributed by atoms with Crippen LogP contribution in [0.1, 0.15) is 95.2 Å². The number of aromatic nitrogens is 1. The molecule has 4 unspecified atom stereocenters. The van der Waals surface area contributed by atoms with Gasteiger partial charge in [0.1, 0.15) is 30.8 Å². The second kappa shape index (κ2) is 17.9. The Morgan fingerprint density at radius 3 is 2.56 bits per heavy atom. The zero-order valence-electron chi connectivity index (χ0n) is 35.1. The Hall–Kier alpha value is -4.67. The molecule has 5 heterocycles. The van der Waals surface area contributed by atoms with E-state index in [2.05, 4.69) is 26.6 Å². The number of nitrogens with one attached hydrogen (secondary N) is 3. The maximum Gasteiger partial charge on any atom is 0.329 e. The number of nitrogens with zero attached hydrogens (tertiary/aromatic N) is 1. The molecule has 4 aliphatic heterocycles. The number of carbonyl (C=O) groups excluding carboxylic acids is 2. The standard InChI is InChI=1S/C42H50N4O10S.C2H6/c1-20-16-23-8-7-13-46-28(18-53-42(50)34-32-25(11-12-44-34)26-17-24(52-15-14-47)9-10-27(26)45-32)30-31(38(56-22(3)48)21(2)39-40(30)55-19-54-39)41(57-6)35(46)33(43-4)29(23)36(49)37(20)51-5;1-2/h9-10,16-17,28,33-35,41,43-45,47,49H,7-8,11-15,18-19H2,1-6H3;1-2H3/t28?,33-,34?,35?,41?;/m1./s1. The van der Waals surface area contributed by atoms with E-state index < -0.39 is 30.1 Å². The van der Waals surface area contributed by atoms with Gasteiger partial charge in [0.05, 0.1) is 31.1 Å². The maximum absolute atomic E-state index is 14.4. The van der Waals surface area contributed by atoms with Crippen molar-refractivity contribution in [1.82, 2.24) is 20.5 Å². The number of aromatic amines is 1. The molecule has 0 bridgehead atoms. The predicted octanol–water partition coefficient (Wildman–Crippen LogP) is 6.02. The number of aromatic hydroxyl groups is 1. The Morgan fingerprint density at radius 1 is 1.07 bits per heavy atom. The smallest absolute Gasteiger partial charge is 0.329 e. The summed E-state index contributed by atoms with van der Waals surface area (Å²) in [7, 11) is 3.44. The fourth-order valence-electron chi connectivity index (χ4n) is 9.54. The van der Waals surface area contributed by atoms with Crippen LogP contribution in [0.3, 0.4) is 0 Å². The minimum Gasteiger partial charge on any atom is -0.504 e. The van der Waals surface area contributed by atoms with Gasteiger partial charge in [-0.05, 0) is 87.8 Å². The topological polar surface area (TPSA) is 173 Å². The molecular weight excluding hydrogens is 777 g/mol. The number of phenolic OH excluding ortho intramolecular Hbond substituents is 1. The van der Waals surface area contributed by atoms with Crippen LogP contribution in [-0.4, -0.2) is 98.2 Å². The molecule has 0 amide bonds. The molecule has 8 rings (SSSR count). The van der Waals surface area contributed by atoms with Crippen molar-refractivity contribution < 1.29 is 48.2 Å². The van der Waals surface area contributed by atoms with E-state index in [1.807, 2.05) is 59.2 Å². The lowest BCUT2D eigenvalue weighted by molar-refractivity contribution is -0.149. The monoisotopic (exact) mass is 832 g/mol. The Morgan fingerprint density at radius 2 is 1.85 bits per heavy atom. The van der Waals surface area contributed by atoms with Gasteiger partial charge in [-0.2, -0.15) is 11.8 Å². The molecule has 0 spiro atoms. The first-order valence-electron chi connectivity index (χ1n) is 20.4. The molecule has 4 aliphatic rings. The van der Waals surface area contributed by atoms with Crippen LogP contribution in [-0.2, 0) is 27.2 Å².